The highest BCUT2D eigenvalue weighted by Gasteiger charge is 1.97. The van der Waals surface area contributed by atoms with E-state index >= 15 is 0 Å². The molecule has 0 aromatic carbocycles. The fourth-order valence-corrected chi connectivity index (χ4v) is 0.431. The zero-order valence-electron chi connectivity index (χ0n) is 6.19. The highest BCUT2D eigenvalue weighted by atomic mass is 79.9. The number of rotatable bonds is 4. The molecule has 3 nitrogen and oxygen atoms in total. The van der Waals surface area contributed by atoms with Crippen LogP contribution in [-0.2, 0) is 9.63 Å². The molecule has 1 amide bonds. The third-order valence-electron chi connectivity index (χ3n) is 0.724. The number of hydroxylamine groups is 1. The zero-order valence-corrected chi connectivity index (χ0v) is 7.77. The molecule has 1 N–H and O–H groups in total. The summed E-state index contributed by atoms with van der Waals surface area (Å²) in [6.07, 6.45) is 0. The summed E-state index contributed by atoms with van der Waals surface area (Å²) in [6, 6.07) is 0. The molecular weight excluding hydrogens is 198 g/mol. The van der Waals surface area contributed by atoms with Gasteiger partial charge in [-0.05, 0) is 5.92 Å². The van der Waals surface area contributed by atoms with E-state index in [4.69, 9.17) is 4.84 Å². The van der Waals surface area contributed by atoms with E-state index < -0.39 is 0 Å². The average molecular weight is 210 g/mol. The number of carbonyl (C=O) groups excluding carboxylic acids is 1. The van der Waals surface area contributed by atoms with Crippen LogP contribution >= 0.6 is 15.9 Å². The van der Waals surface area contributed by atoms with E-state index in [1.54, 1.807) is 0 Å². The van der Waals surface area contributed by atoms with Gasteiger partial charge in [-0.2, -0.15) is 0 Å². The number of hydrogen-bond acceptors (Lipinski definition) is 2. The second kappa shape index (κ2) is 5.68. The summed E-state index contributed by atoms with van der Waals surface area (Å²) in [6.45, 7) is 4.58. The first-order chi connectivity index (χ1) is 4.66. The lowest BCUT2D eigenvalue weighted by atomic mass is 10.2. The van der Waals surface area contributed by atoms with Gasteiger partial charge in [0.15, 0.2) is 0 Å². The van der Waals surface area contributed by atoms with E-state index in [-0.39, 0.29) is 11.2 Å². The molecule has 0 heterocycles. The van der Waals surface area contributed by atoms with Gasteiger partial charge in [-0.25, -0.2) is 5.48 Å². The molecular formula is C6H12BrNO2. The second-order valence-electron chi connectivity index (χ2n) is 2.36. The van der Waals surface area contributed by atoms with Crippen molar-refractivity contribution in [2.45, 2.75) is 13.8 Å². The molecule has 0 aliphatic carbocycles. The van der Waals surface area contributed by atoms with Crippen LogP contribution in [-0.4, -0.2) is 17.8 Å². The van der Waals surface area contributed by atoms with Crippen LogP contribution in [0.25, 0.3) is 0 Å². The Bertz CT molecular complexity index is 106. The van der Waals surface area contributed by atoms with Crippen molar-refractivity contribution in [2.24, 2.45) is 5.92 Å². The minimum Gasteiger partial charge on any atom is -0.273 e. The molecule has 0 rings (SSSR count). The van der Waals surface area contributed by atoms with Crippen LogP contribution in [0, 0.1) is 5.92 Å². The summed E-state index contributed by atoms with van der Waals surface area (Å²) in [5, 5.41) is 0.283. The van der Waals surface area contributed by atoms with E-state index in [0.717, 1.165) is 0 Å². The lowest BCUT2D eigenvalue weighted by Gasteiger charge is -2.05. The lowest BCUT2D eigenvalue weighted by molar-refractivity contribution is -0.131. The van der Waals surface area contributed by atoms with Crippen molar-refractivity contribution < 1.29 is 9.63 Å². The lowest BCUT2D eigenvalue weighted by Crippen LogP contribution is -2.26. The van der Waals surface area contributed by atoms with Gasteiger partial charge in [-0.15, -0.1) is 0 Å². The number of carbonyl (C=O) groups is 1. The van der Waals surface area contributed by atoms with Gasteiger partial charge in [-0.3, -0.25) is 9.63 Å². The maximum atomic E-state index is 10.5. The molecule has 0 saturated carbocycles. The SMILES string of the molecule is CC(C)CONC(=O)CBr. The Balaban J connectivity index is 3.12. The molecule has 0 aromatic heterocycles. The molecule has 0 bridgehead atoms. The molecule has 0 fully saturated rings. The summed E-state index contributed by atoms with van der Waals surface area (Å²) >= 11 is 2.99. The summed E-state index contributed by atoms with van der Waals surface area (Å²) in [5.41, 5.74) is 2.28. The Morgan fingerprint density at radius 2 is 2.30 bits per heavy atom. The van der Waals surface area contributed by atoms with Gasteiger partial charge in [0.1, 0.15) is 0 Å². The second-order valence-corrected chi connectivity index (χ2v) is 2.92. The minimum absolute atomic E-state index is 0.152. The summed E-state index contributed by atoms with van der Waals surface area (Å²) in [5.74, 6) is 0.288. The Morgan fingerprint density at radius 1 is 1.70 bits per heavy atom. The minimum atomic E-state index is -0.152. The fraction of sp³-hybridized carbons (Fsp3) is 0.833. The van der Waals surface area contributed by atoms with E-state index in [2.05, 4.69) is 21.4 Å². The molecule has 0 spiro atoms. The number of amides is 1. The quantitative estimate of drug-likeness (QED) is 0.557. The molecule has 0 aliphatic heterocycles. The van der Waals surface area contributed by atoms with Crippen molar-refractivity contribution >= 4 is 21.8 Å². The standard InChI is InChI=1S/C6H12BrNO2/c1-5(2)4-10-8-6(9)3-7/h5H,3-4H2,1-2H3,(H,8,9). The van der Waals surface area contributed by atoms with Crippen LogP contribution < -0.4 is 5.48 Å². The molecule has 0 saturated heterocycles. The maximum Gasteiger partial charge on any atom is 0.254 e. The molecule has 0 aliphatic rings. The molecule has 0 unspecified atom stereocenters. The van der Waals surface area contributed by atoms with E-state index in [9.17, 15) is 4.79 Å². The van der Waals surface area contributed by atoms with Crippen LogP contribution in [0.3, 0.4) is 0 Å². The maximum absolute atomic E-state index is 10.5. The van der Waals surface area contributed by atoms with Gasteiger partial charge in [0.05, 0.1) is 11.9 Å². The van der Waals surface area contributed by atoms with Gasteiger partial charge in [0.25, 0.3) is 5.91 Å². The molecule has 0 aromatic rings. The third kappa shape index (κ3) is 6.04. The molecule has 10 heavy (non-hydrogen) atoms. The van der Waals surface area contributed by atoms with Gasteiger partial charge in [0.2, 0.25) is 0 Å². The van der Waals surface area contributed by atoms with Crippen LogP contribution in [0.15, 0.2) is 0 Å². The normalized spacial score (nSPS) is 10.0. The number of halogens is 1. The van der Waals surface area contributed by atoms with Crippen molar-refractivity contribution in [3.8, 4) is 0 Å². The Labute approximate surface area is 69.2 Å². The van der Waals surface area contributed by atoms with Crippen molar-refractivity contribution in [1.82, 2.24) is 5.48 Å². The predicted octanol–water partition coefficient (Wildman–Crippen LogP) is 1.09. The van der Waals surface area contributed by atoms with Crippen molar-refractivity contribution in [3.05, 3.63) is 0 Å². The number of nitrogens with one attached hydrogen (secondary N) is 1. The van der Waals surface area contributed by atoms with Gasteiger partial charge < -0.3 is 0 Å². The van der Waals surface area contributed by atoms with Crippen LogP contribution in [0.1, 0.15) is 13.8 Å². The summed E-state index contributed by atoms with van der Waals surface area (Å²) in [7, 11) is 0. The topological polar surface area (TPSA) is 38.3 Å². The summed E-state index contributed by atoms with van der Waals surface area (Å²) in [4.78, 5) is 15.3. The first-order valence-electron chi connectivity index (χ1n) is 3.13. The van der Waals surface area contributed by atoms with Crippen LogP contribution in [0.4, 0.5) is 0 Å². The van der Waals surface area contributed by atoms with Crippen LogP contribution in [0.5, 0.6) is 0 Å². The predicted molar refractivity (Wildman–Crippen MR) is 42.7 cm³/mol. The van der Waals surface area contributed by atoms with Crippen molar-refractivity contribution in [3.63, 3.8) is 0 Å². The number of alkyl halides is 1. The zero-order chi connectivity index (χ0) is 7.98. The smallest absolute Gasteiger partial charge is 0.254 e. The molecule has 60 valence electrons. The van der Waals surface area contributed by atoms with Crippen molar-refractivity contribution in [2.75, 3.05) is 11.9 Å². The Morgan fingerprint density at radius 3 is 2.70 bits per heavy atom. The summed E-state index contributed by atoms with van der Waals surface area (Å²) < 4.78 is 0. The highest BCUT2D eigenvalue weighted by molar-refractivity contribution is 9.09. The van der Waals surface area contributed by atoms with Crippen LogP contribution in [0.2, 0.25) is 0 Å². The van der Waals surface area contributed by atoms with E-state index in [0.29, 0.717) is 12.5 Å². The first kappa shape index (κ1) is 9.91. The van der Waals surface area contributed by atoms with Gasteiger partial charge in [-0.1, -0.05) is 29.8 Å². The number of hydrogen-bond donors (Lipinski definition) is 1. The third-order valence-corrected chi connectivity index (χ3v) is 1.23. The Kier molecular flexibility index (Phi) is 5.63. The fourth-order valence-electron chi connectivity index (χ4n) is 0.316. The van der Waals surface area contributed by atoms with Crippen molar-refractivity contribution in [1.29, 1.82) is 0 Å². The highest BCUT2D eigenvalue weighted by Crippen LogP contribution is 1.89. The van der Waals surface area contributed by atoms with Gasteiger partial charge >= 0.3 is 0 Å². The molecule has 4 heteroatoms. The van der Waals surface area contributed by atoms with Gasteiger partial charge in [0, 0.05) is 0 Å². The largest absolute Gasteiger partial charge is 0.273 e. The van der Waals surface area contributed by atoms with E-state index in [1.165, 1.54) is 0 Å². The first-order valence-corrected chi connectivity index (χ1v) is 4.25. The average Bonchev–Trinajstić information content (AvgIpc) is 1.87. The monoisotopic (exact) mass is 209 g/mol. The molecule has 0 atom stereocenters. The van der Waals surface area contributed by atoms with E-state index in [1.807, 2.05) is 13.8 Å². The Hall–Kier alpha value is -0.0900. The molecule has 0 radical (unpaired) electrons.